The van der Waals surface area contributed by atoms with Gasteiger partial charge in [-0.2, -0.15) is 0 Å². The number of piperidine rings is 1. The summed E-state index contributed by atoms with van der Waals surface area (Å²) in [5.41, 5.74) is 1.29. The molecule has 1 N–H and O–H groups in total. The molecular formula is C21H26N2O3S. The first-order valence-corrected chi connectivity index (χ1v) is 10.8. The minimum atomic E-state index is -3.69. The molecule has 0 aromatic heterocycles. The highest BCUT2D eigenvalue weighted by atomic mass is 32.2. The molecule has 1 fully saturated rings. The van der Waals surface area contributed by atoms with Crippen molar-refractivity contribution < 1.29 is 13.2 Å². The van der Waals surface area contributed by atoms with E-state index in [4.69, 9.17) is 0 Å². The number of hydrogen-bond donors (Lipinski definition) is 1. The average molecular weight is 387 g/mol. The van der Waals surface area contributed by atoms with E-state index < -0.39 is 10.0 Å². The molecule has 0 spiro atoms. The van der Waals surface area contributed by atoms with Gasteiger partial charge in [-0.15, -0.1) is 0 Å². The highest BCUT2D eigenvalue weighted by Gasteiger charge is 2.26. The van der Waals surface area contributed by atoms with Crippen LogP contribution in [0, 0.1) is 11.8 Å². The zero-order valence-electron chi connectivity index (χ0n) is 15.8. The maximum absolute atomic E-state index is 12.9. The third kappa shape index (κ3) is 4.96. The van der Waals surface area contributed by atoms with Gasteiger partial charge < -0.3 is 4.90 Å². The van der Waals surface area contributed by atoms with E-state index in [0.717, 1.165) is 12.0 Å². The number of sulfonamides is 1. The average Bonchev–Trinajstić information content (AvgIpc) is 2.66. The number of likely N-dealkylation sites (tertiary alicyclic amines) is 1. The summed E-state index contributed by atoms with van der Waals surface area (Å²) in [6, 6.07) is 15.6. The van der Waals surface area contributed by atoms with E-state index in [1.54, 1.807) is 12.1 Å². The number of rotatable bonds is 5. The molecule has 27 heavy (non-hydrogen) atoms. The Kier molecular flexibility index (Phi) is 5.97. The van der Waals surface area contributed by atoms with Gasteiger partial charge in [0.05, 0.1) is 4.90 Å². The van der Waals surface area contributed by atoms with Crippen LogP contribution < -0.4 is 4.72 Å². The lowest BCUT2D eigenvalue weighted by Gasteiger charge is -2.35. The molecular weight excluding hydrogens is 360 g/mol. The number of hydrogen-bond acceptors (Lipinski definition) is 3. The lowest BCUT2D eigenvalue weighted by Crippen LogP contribution is -2.42. The third-order valence-corrected chi connectivity index (χ3v) is 6.26. The Morgan fingerprint density at radius 1 is 1.04 bits per heavy atom. The Morgan fingerprint density at radius 3 is 2.37 bits per heavy atom. The molecule has 0 unspecified atom stereocenters. The number of carbonyl (C=O) groups is 1. The minimum Gasteiger partial charge on any atom is -0.338 e. The van der Waals surface area contributed by atoms with Crippen molar-refractivity contribution in [3.63, 3.8) is 0 Å². The van der Waals surface area contributed by atoms with E-state index >= 15 is 0 Å². The maximum atomic E-state index is 12.9. The van der Waals surface area contributed by atoms with Gasteiger partial charge >= 0.3 is 0 Å². The summed E-state index contributed by atoms with van der Waals surface area (Å²) in [7, 11) is -3.69. The normalized spacial score (nSPS) is 20.4. The van der Waals surface area contributed by atoms with Gasteiger partial charge in [-0.25, -0.2) is 13.1 Å². The molecule has 2 aromatic carbocycles. The van der Waals surface area contributed by atoms with Crippen LogP contribution >= 0.6 is 0 Å². The summed E-state index contributed by atoms with van der Waals surface area (Å²) in [6.45, 7) is 5.93. The van der Waals surface area contributed by atoms with Crippen molar-refractivity contribution in [3.05, 3.63) is 65.7 Å². The van der Waals surface area contributed by atoms with Crippen molar-refractivity contribution in [2.75, 3.05) is 13.1 Å². The van der Waals surface area contributed by atoms with Gasteiger partial charge in [-0.05, 0) is 42.0 Å². The van der Waals surface area contributed by atoms with Crippen molar-refractivity contribution >= 4 is 15.9 Å². The second-order valence-electron chi connectivity index (χ2n) is 7.49. The molecule has 1 saturated heterocycles. The van der Waals surface area contributed by atoms with E-state index in [0.29, 0.717) is 30.5 Å². The van der Waals surface area contributed by atoms with E-state index in [1.165, 1.54) is 12.1 Å². The molecule has 1 heterocycles. The SMILES string of the molecule is C[C@H]1C[C@H](C)CN(C(=O)c2cccc(S(=O)(=O)NCc3ccccc3)c2)C1. The van der Waals surface area contributed by atoms with Crippen LogP contribution in [-0.4, -0.2) is 32.3 Å². The highest BCUT2D eigenvalue weighted by Crippen LogP contribution is 2.23. The first kappa shape index (κ1) is 19.6. The number of nitrogens with zero attached hydrogens (tertiary/aromatic N) is 1. The van der Waals surface area contributed by atoms with E-state index in [-0.39, 0.29) is 17.3 Å². The predicted octanol–water partition coefficient (Wildman–Crippen LogP) is 3.28. The molecule has 0 bridgehead atoms. The lowest BCUT2D eigenvalue weighted by atomic mass is 9.91. The van der Waals surface area contributed by atoms with Gasteiger partial charge in [0.2, 0.25) is 10.0 Å². The molecule has 144 valence electrons. The Morgan fingerprint density at radius 2 is 1.70 bits per heavy atom. The first-order chi connectivity index (χ1) is 12.8. The van der Waals surface area contributed by atoms with Crippen LogP contribution in [0.5, 0.6) is 0 Å². The van der Waals surface area contributed by atoms with E-state index in [2.05, 4.69) is 18.6 Å². The molecule has 2 atom stereocenters. The number of nitrogens with one attached hydrogen (secondary N) is 1. The molecule has 1 amide bonds. The fraction of sp³-hybridized carbons (Fsp3) is 0.381. The Labute approximate surface area is 161 Å². The molecule has 0 saturated carbocycles. The van der Waals surface area contributed by atoms with Crippen LogP contribution in [0.15, 0.2) is 59.5 Å². The third-order valence-electron chi connectivity index (χ3n) is 4.86. The van der Waals surface area contributed by atoms with Gasteiger partial charge in [0.15, 0.2) is 0 Å². The summed E-state index contributed by atoms with van der Waals surface area (Å²) < 4.78 is 27.8. The zero-order valence-corrected chi connectivity index (χ0v) is 16.6. The second kappa shape index (κ2) is 8.23. The van der Waals surface area contributed by atoms with Crippen LogP contribution in [0.2, 0.25) is 0 Å². The molecule has 2 aromatic rings. The fourth-order valence-corrected chi connectivity index (χ4v) is 4.73. The summed E-state index contributed by atoms with van der Waals surface area (Å²) in [6.07, 6.45) is 1.11. The topological polar surface area (TPSA) is 66.5 Å². The summed E-state index contributed by atoms with van der Waals surface area (Å²) >= 11 is 0. The Bertz CT molecular complexity index is 887. The smallest absolute Gasteiger partial charge is 0.253 e. The molecule has 3 rings (SSSR count). The van der Waals surface area contributed by atoms with Crippen LogP contribution in [0.1, 0.15) is 36.2 Å². The van der Waals surface area contributed by atoms with Crippen LogP contribution in [0.3, 0.4) is 0 Å². The minimum absolute atomic E-state index is 0.103. The molecule has 1 aliphatic rings. The largest absolute Gasteiger partial charge is 0.338 e. The lowest BCUT2D eigenvalue weighted by molar-refractivity contribution is 0.0623. The Hall–Kier alpha value is -2.18. The van der Waals surface area contributed by atoms with Crippen LogP contribution in [0.25, 0.3) is 0 Å². The number of carbonyl (C=O) groups excluding carboxylic acids is 1. The first-order valence-electron chi connectivity index (χ1n) is 9.28. The monoisotopic (exact) mass is 386 g/mol. The van der Waals surface area contributed by atoms with Crippen molar-refractivity contribution in [2.24, 2.45) is 11.8 Å². The van der Waals surface area contributed by atoms with Gasteiger partial charge in [0, 0.05) is 25.2 Å². The number of amides is 1. The van der Waals surface area contributed by atoms with Gasteiger partial charge in [-0.3, -0.25) is 4.79 Å². The molecule has 6 heteroatoms. The van der Waals surface area contributed by atoms with Gasteiger partial charge in [0.1, 0.15) is 0 Å². The molecule has 1 aliphatic heterocycles. The van der Waals surface area contributed by atoms with Crippen molar-refractivity contribution in [1.82, 2.24) is 9.62 Å². The van der Waals surface area contributed by atoms with Crippen molar-refractivity contribution in [3.8, 4) is 0 Å². The van der Waals surface area contributed by atoms with Gasteiger partial charge in [-0.1, -0.05) is 50.2 Å². The maximum Gasteiger partial charge on any atom is 0.253 e. The quantitative estimate of drug-likeness (QED) is 0.857. The summed E-state index contributed by atoms with van der Waals surface area (Å²) in [5.74, 6) is 0.808. The van der Waals surface area contributed by atoms with Gasteiger partial charge in [0.25, 0.3) is 5.91 Å². The molecule has 5 nitrogen and oxygen atoms in total. The predicted molar refractivity (Wildman–Crippen MR) is 106 cm³/mol. The molecule has 0 radical (unpaired) electrons. The highest BCUT2D eigenvalue weighted by molar-refractivity contribution is 7.89. The van der Waals surface area contributed by atoms with E-state index in [1.807, 2.05) is 35.2 Å². The molecule has 0 aliphatic carbocycles. The fourth-order valence-electron chi connectivity index (χ4n) is 3.67. The van der Waals surface area contributed by atoms with Crippen LogP contribution in [-0.2, 0) is 16.6 Å². The van der Waals surface area contributed by atoms with Crippen molar-refractivity contribution in [2.45, 2.75) is 31.7 Å². The standard InChI is InChI=1S/C21H26N2O3S/c1-16-11-17(2)15-23(14-16)21(24)19-9-6-10-20(12-19)27(25,26)22-13-18-7-4-3-5-8-18/h3-10,12,16-17,22H,11,13-15H2,1-2H3/t16-,17-/m0/s1. The summed E-state index contributed by atoms with van der Waals surface area (Å²) in [4.78, 5) is 14.8. The second-order valence-corrected chi connectivity index (χ2v) is 9.26. The van der Waals surface area contributed by atoms with Crippen molar-refractivity contribution in [1.29, 1.82) is 0 Å². The number of benzene rings is 2. The van der Waals surface area contributed by atoms with Crippen LogP contribution in [0.4, 0.5) is 0 Å². The van der Waals surface area contributed by atoms with E-state index in [9.17, 15) is 13.2 Å². The Balaban J connectivity index is 1.75. The zero-order chi connectivity index (χ0) is 19.4. The summed E-state index contributed by atoms with van der Waals surface area (Å²) in [5, 5.41) is 0.